The van der Waals surface area contributed by atoms with Gasteiger partial charge in [-0.3, -0.25) is 5.32 Å². The van der Waals surface area contributed by atoms with E-state index in [9.17, 15) is 10.2 Å². The highest BCUT2D eigenvalue weighted by Gasteiger charge is 2.26. The van der Waals surface area contributed by atoms with Crippen LogP contribution in [0.25, 0.3) is 0 Å². The van der Waals surface area contributed by atoms with Gasteiger partial charge in [0.05, 0.1) is 31.4 Å². The third-order valence-corrected chi connectivity index (χ3v) is 2.76. The van der Waals surface area contributed by atoms with Gasteiger partial charge in [0, 0.05) is 7.11 Å². The van der Waals surface area contributed by atoms with Gasteiger partial charge in [0.15, 0.2) is 0 Å². The second kappa shape index (κ2) is 6.71. The van der Waals surface area contributed by atoms with Crippen molar-refractivity contribution in [1.82, 2.24) is 5.32 Å². The van der Waals surface area contributed by atoms with E-state index < -0.39 is 5.54 Å². The van der Waals surface area contributed by atoms with Gasteiger partial charge >= 0.3 is 0 Å². The van der Waals surface area contributed by atoms with E-state index in [0.29, 0.717) is 6.61 Å². The SMILES string of the molecule is COCC(NC(C)(CO)CO)c1ccccc1. The predicted molar refractivity (Wildman–Crippen MR) is 66.8 cm³/mol. The van der Waals surface area contributed by atoms with Gasteiger partial charge in [0.2, 0.25) is 0 Å². The molecule has 0 bridgehead atoms. The Bertz CT molecular complexity index is 312. The Labute approximate surface area is 102 Å². The number of benzene rings is 1. The molecule has 17 heavy (non-hydrogen) atoms. The molecular formula is C13H21NO3. The fourth-order valence-corrected chi connectivity index (χ4v) is 1.64. The lowest BCUT2D eigenvalue weighted by atomic mass is 10.00. The fourth-order valence-electron chi connectivity index (χ4n) is 1.64. The summed E-state index contributed by atoms with van der Waals surface area (Å²) in [4.78, 5) is 0. The lowest BCUT2D eigenvalue weighted by Gasteiger charge is -2.32. The Hall–Kier alpha value is -0.940. The lowest BCUT2D eigenvalue weighted by molar-refractivity contribution is 0.0746. The first-order valence-electron chi connectivity index (χ1n) is 5.68. The van der Waals surface area contributed by atoms with Crippen LogP contribution in [0.1, 0.15) is 18.5 Å². The van der Waals surface area contributed by atoms with E-state index in [-0.39, 0.29) is 19.3 Å². The molecule has 0 saturated heterocycles. The Balaban J connectivity index is 2.80. The van der Waals surface area contributed by atoms with Crippen LogP contribution in [0.2, 0.25) is 0 Å². The van der Waals surface area contributed by atoms with E-state index in [4.69, 9.17) is 4.74 Å². The molecule has 0 aliphatic heterocycles. The minimum Gasteiger partial charge on any atom is -0.394 e. The van der Waals surface area contributed by atoms with Crippen LogP contribution in [-0.4, -0.2) is 42.7 Å². The Morgan fingerprint density at radius 3 is 2.29 bits per heavy atom. The zero-order valence-electron chi connectivity index (χ0n) is 10.4. The van der Waals surface area contributed by atoms with Crippen LogP contribution >= 0.6 is 0 Å². The zero-order chi connectivity index (χ0) is 12.7. The van der Waals surface area contributed by atoms with Gasteiger partial charge in [0.1, 0.15) is 0 Å². The van der Waals surface area contributed by atoms with Gasteiger partial charge < -0.3 is 14.9 Å². The minimum absolute atomic E-state index is 0.0505. The third kappa shape index (κ3) is 4.09. The number of hydrogen-bond donors (Lipinski definition) is 3. The van der Waals surface area contributed by atoms with Crippen molar-refractivity contribution in [2.75, 3.05) is 26.9 Å². The van der Waals surface area contributed by atoms with Crippen molar-refractivity contribution in [3.63, 3.8) is 0 Å². The molecule has 0 aromatic heterocycles. The normalized spacial score (nSPS) is 13.6. The molecule has 0 aliphatic carbocycles. The zero-order valence-corrected chi connectivity index (χ0v) is 10.4. The first-order valence-corrected chi connectivity index (χ1v) is 5.68. The van der Waals surface area contributed by atoms with Crippen LogP contribution in [0.3, 0.4) is 0 Å². The smallest absolute Gasteiger partial charge is 0.0657 e. The van der Waals surface area contributed by atoms with Crippen molar-refractivity contribution in [2.24, 2.45) is 0 Å². The van der Waals surface area contributed by atoms with Crippen molar-refractivity contribution in [3.8, 4) is 0 Å². The molecule has 1 atom stereocenters. The van der Waals surface area contributed by atoms with Crippen molar-refractivity contribution in [2.45, 2.75) is 18.5 Å². The van der Waals surface area contributed by atoms with Crippen LogP contribution in [0.5, 0.6) is 0 Å². The van der Waals surface area contributed by atoms with Gasteiger partial charge in [-0.1, -0.05) is 30.3 Å². The van der Waals surface area contributed by atoms with Crippen molar-refractivity contribution in [3.05, 3.63) is 35.9 Å². The summed E-state index contributed by atoms with van der Waals surface area (Å²) in [6.45, 7) is 2.01. The van der Waals surface area contributed by atoms with E-state index in [1.807, 2.05) is 30.3 Å². The number of aliphatic hydroxyl groups is 2. The minimum atomic E-state index is -0.709. The summed E-state index contributed by atoms with van der Waals surface area (Å²) < 4.78 is 5.17. The molecule has 4 heteroatoms. The quantitative estimate of drug-likeness (QED) is 0.655. The summed E-state index contributed by atoms with van der Waals surface area (Å²) in [5.41, 5.74) is 0.362. The van der Waals surface area contributed by atoms with Crippen molar-refractivity contribution < 1.29 is 14.9 Å². The highest BCUT2D eigenvalue weighted by Crippen LogP contribution is 2.17. The maximum atomic E-state index is 9.29. The van der Waals surface area contributed by atoms with Crippen molar-refractivity contribution in [1.29, 1.82) is 0 Å². The highest BCUT2D eigenvalue weighted by molar-refractivity contribution is 5.19. The summed E-state index contributed by atoms with van der Waals surface area (Å²) in [5, 5.41) is 21.8. The largest absolute Gasteiger partial charge is 0.394 e. The molecule has 0 fully saturated rings. The van der Waals surface area contributed by atoms with Crippen LogP contribution in [-0.2, 0) is 4.74 Å². The van der Waals surface area contributed by atoms with E-state index in [2.05, 4.69) is 5.32 Å². The number of methoxy groups -OCH3 is 1. The molecular weight excluding hydrogens is 218 g/mol. The van der Waals surface area contributed by atoms with Crippen LogP contribution in [0, 0.1) is 0 Å². The number of rotatable bonds is 7. The molecule has 3 N–H and O–H groups in total. The average molecular weight is 239 g/mol. The number of hydrogen-bond acceptors (Lipinski definition) is 4. The van der Waals surface area contributed by atoms with Gasteiger partial charge in [-0.15, -0.1) is 0 Å². The summed E-state index contributed by atoms with van der Waals surface area (Å²) in [6.07, 6.45) is 0. The first-order chi connectivity index (χ1) is 8.15. The fraction of sp³-hybridized carbons (Fsp3) is 0.538. The Morgan fingerprint density at radius 1 is 1.24 bits per heavy atom. The molecule has 96 valence electrons. The van der Waals surface area contributed by atoms with Crippen molar-refractivity contribution >= 4 is 0 Å². The molecule has 1 rings (SSSR count). The molecule has 1 aromatic carbocycles. The van der Waals surface area contributed by atoms with Gasteiger partial charge in [-0.05, 0) is 12.5 Å². The Kier molecular flexibility index (Phi) is 5.58. The highest BCUT2D eigenvalue weighted by atomic mass is 16.5. The number of ether oxygens (including phenoxy) is 1. The third-order valence-electron chi connectivity index (χ3n) is 2.76. The molecule has 0 radical (unpaired) electrons. The standard InChI is InChI=1S/C13H21NO3/c1-13(9-15,10-16)14-12(8-17-2)11-6-4-3-5-7-11/h3-7,12,14-16H,8-10H2,1-2H3. The summed E-state index contributed by atoms with van der Waals surface area (Å²) in [5.74, 6) is 0. The second-order valence-corrected chi connectivity index (χ2v) is 4.44. The average Bonchev–Trinajstić information content (AvgIpc) is 2.39. The molecule has 0 amide bonds. The van der Waals surface area contributed by atoms with E-state index in [1.54, 1.807) is 14.0 Å². The molecule has 0 saturated carbocycles. The molecule has 4 nitrogen and oxygen atoms in total. The molecule has 0 heterocycles. The molecule has 1 aromatic rings. The van der Waals surface area contributed by atoms with Crippen LogP contribution < -0.4 is 5.32 Å². The molecule has 0 spiro atoms. The Morgan fingerprint density at radius 2 is 1.82 bits per heavy atom. The summed E-state index contributed by atoms with van der Waals surface area (Å²) in [7, 11) is 1.63. The van der Waals surface area contributed by atoms with Gasteiger partial charge in [0.25, 0.3) is 0 Å². The number of aliphatic hydroxyl groups excluding tert-OH is 2. The molecule has 0 aliphatic rings. The summed E-state index contributed by atoms with van der Waals surface area (Å²) >= 11 is 0. The van der Waals surface area contributed by atoms with Crippen LogP contribution in [0.15, 0.2) is 30.3 Å². The maximum absolute atomic E-state index is 9.29. The van der Waals surface area contributed by atoms with E-state index >= 15 is 0 Å². The second-order valence-electron chi connectivity index (χ2n) is 4.44. The van der Waals surface area contributed by atoms with Crippen LogP contribution in [0.4, 0.5) is 0 Å². The monoisotopic (exact) mass is 239 g/mol. The van der Waals surface area contributed by atoms with Gasteiger partial charge in [-0.2, -0.15) is 0 Å². The first kappa shape index (κ1) is 14.1. The maximum Gasteiger partial charge on any atom is 0.0657 e. The molecule has 1 unspecified atom stereocenters. The van der Waals surface area contributed by atoms with E-state index in [0.717, 1.165) is 5.56 Å². The predicted octanol–water partition coefficient (Wildman–Crippen LogP) is 0.707. The van der Waals surface area contributed by atoms with Gasteiger partial charge in [-0.25, -0.2) is 0 Å². The topological polar surface area (TPSA) is 61.7 Å². The van der Waals surface area contributed by atoms with E-state index in [1.165, 1.54) is 0 Å². The lowest BCUT2D eigenvalue weighted by Crippen LogP contribution is -2.51. The summed E-state index contributed by atoms with van der Waals surface area (Å²) in [6, 6.07) is 9.79. The number of nitrogens with one attached hydrogen (secondary N) is 1.